The summed E-state index contributed by atoms with van der Waals surface area (Å²) in [6.45, 7) is 0. The van der Waals surface area contributed by atoms with Crippen molar-refractivity contribution < 1.29 is 0 Å². The van der Waals surface area contributed by atoms with Gasteiger partial charge in [0.05, 0.1) is 0 Å². The molecule has 0 radical (unpaired) electrons. The molecule has 2 aliphatic carbocycles. The minimum Gasteiger partial charge on any atom is -0.113 e. The molecular weight excluding hydrogens is 260 g/mol. The van der Waals surface area contributed by atoms with E-state index in [-0.39, 0.29) is 0 Å². The van der Waals surface area contributed by atoms with E-state index in [1.165, 1.54) is 44.1 Å². The predicted octanol–water partition coefficient (Wildman–Crippen LogP) is 5.13. The van der Waals surface area contributed by atoms with Gasteiger partial charge in [-0.05, 0) is 44.1 Å². The lowest BCUT2D eigenvalue weighted by Crippen LogP contribution is -2.13. The molecule has 0 aliphatic heterocycles. The highest BCUT2D eigenvalue weighted by Crippen LogP contribution is 2.33. The van der Waals surface area contributed by atoms with Crippen LogP contribution in [0.25, 0.3) is 0 Å². The normalized spacial score (nSPS) is 28.6. The minimum atomic E-state index is 0.621. The predicted molar refractivity (Wildman–Crippen MR) is 73.5 cm³/mol. The van der Waals surface area contributed by atoms with Gasteiger partial charge in [0.15, 0.2) is 0 Å². The van der Waals surface area contributed by atoms with Gasteiger partial charge in [0.1, 0.15) is 0 Å². The van der Waals surface area contributed by atoms with Crippen molar-refractivity contribution in [2.75, 3.05) is 0 Å². The maximum atomic E-state index is 3.43. The molecule has 0 saturated carbocycles. The third-order valence-corrected chi connectivity index (χ3v) is 3.76. The molecule has 0 spiro atoms. The fourth-order valence-electron chi connectivity index (χ4n) is 2.70. The molecule has 0 heterocycles. The topological polar surface area (TPSA) is 0 Å². The fraction of sp³-hybridized carbons (Fsp3) is 0.533. The quantitative estimate of drug-likeness (QED) is 0.485. The Morgan fingerprint density at radius 3 is 2.00 bits per heavy atom. The fourth-order valence-corrected chi connectivity index (χ4v) is 2.96. The standard InChI is InChI=1S/C15H19Br/c16-12-11-15(13-7-3-1-4-8-13)14-9-5-2-6-10-14/h3,5,7,9,12-14H,1-2,4,6,8,10H2. The van der Waals surface area contributed by atoms with Crippen molar-refractivity contribution >= 4 is 15.9 Å². The third kappa shape index (κ3) is 2.99. The van der Waals surface area contributed by atoms with Crippen molar-refractivity contribution in [1.29, 1.82) is 0 Å². The Labute approximate surface area is 107 Å². The van der Waals surface area contributed by atoms with E-state index in [1.54, 1.807) is 0 Å². The van der Waals surface area contributed by atoms with Gasteiger partial charge < -0.3 is 0 Å². The first-order chi connectivity index (χ1) is 7.92. The Kier molecular flexibility index (Phi) is 4.69. The highest BCUT2D eigenvalue weighted by atomic mass is 79.9. The van der Waals surface area contributed by atoms with Crippen molar-refractivity contribution in [2.24, 2.45) is 11.8 Å². The average Bonchev–Trinajstić information content (AvgIpc) is 2.38. The monoisotopic (exact) mass is 278 g/mol. The van der Waals surface area contributed by atoms with Crippen LogP contribution in [0, 0.1) is 11.8 Å². The highest BCUT2D eigenvalue weighted by Gasteiger charge is 2.21. The molecule has 0 saturated heterocycles. The molecule has 2 aliphatic rings. The molecule has 0 fully saturated rings. The van der Waals surface area contributed by atoms with E-state index in [2.05, 4.69) is 46.0 Å². The van der Waals surface area contributed by atoms with Crippen LogP contribution in [-0.2, 0) is 0 Å². The number of halogens is 1. The molecule has 0 N–H and O–H groups in total. The summed E-state index contributed by atoms with van der Waals surface area (Å²) in [5, 5.41) is 0. The molecule has 2 atom stereocenters. The molecule has 0 nitrogen and oxygen atoms in total. The second-order valence-electron chi connectivity index (χ2n) is 4.64. The van der Waals surface area contributed by atoms with Gasteiger partial charge in [0.25, 0.3) is 0 Å². The summed E-state index contributed by atoms with van der Waals surface area (Å²) in [5.41, 5.74) is 4.90. The molecule has 0 aromatic rings. The molecular formula is C15H19Br. The van der Waals surface area contributed by atoms with Crippen molar-refractivity contribution in [2.45, 2.75) is 38.5 Å². The zero-order valence-electron chi connectivity index (χ0n) is 9.66. The van der Waals surface area contributed by atoms with Gasteiger partial charge in [-0.15, -0.1) is 5.73 Å². The minimum absolute atomic E-state index is 0.621. The molecule has 0 bridgehead atoms. The van der Waals surface area contributed by atoms with Crippen LogP contribution in [0.2, 0.25) is 0 Å². The number of hydrogen-bond acceptors (Lipinski definition) is 0. The molecule has 86 valence electrons. The van der Waals surface area contributed by atoms with E-state index in [4.69, 9.17) is 0 Å². The molecule has 16 heavy (non-hydrogen) atoms. The highest BCUT2D eigenvalue weighted by molar-refractivity contribution is 9.11. The van der Waals surface area contributed by atoms with Crippen LogP contribution in [0.5, 0.6) is 0 Å². The molecule has 0 aromatic heterocycles. The summed E-state index contributed by atoms with van der Waals surface area (Å²) in [4.78, 5) is 1.90. The summed E-state index contributed by atoms with van der Waals surface area (Å²) in [6.07, 6.45) is 17.2. The molecule has 0 amide bonds. The van der Waals surface area contributed by atoms with Crippen LogP contribution < -0.4 is 0 Å². The number of allylic oxidation sites excluding steroid dienone is 5. The lowest BCUT2D eigenvalue weighted by Gasteiger charge is -2.25. The Morgan fingerprint density at radius 1 is 1.06 bits per heavy atom. The van der Waals surface area contributed by atoms with E-state index < -0.39 is 0 Å². The van der Waals surface area contributed by atoms with Gasteiger partial charge in [-0.3, -0.25) is 0 Å². The molecule has 2 unspecified atom stereocenters. The summed E-state index contributed by atoms with van der Waals surface area (Å²) in [6, 6.07) is 0. The van der Waals surface area contributed by atoms with E-state index in [0.717, 1.165) is 0 Å². The molecule has 2 rings (SSSR count). The van der Waals surface area contributed by atoms with E-state index >= 15 is 0 Å². The Morgan fingerprint density at radius 2 is 1.62 bits per heavy atom. The lowest BCUT2D eigenvalue weighted by atomic mass is 9.79. The Balaban J connectivity index is 2.19. The van der Waals surface area contributed by atoms with Gasteiger partial charge in [0, 0.05) is 16.8 Å². The van der Waals surface area contributed by atoms with E-state index in [0.29, 0.717) is 11.8 Å². The summed E-state index contributed by atoms with van der Waals surface area (Å²) in [7, 11) is 0. The maximum Gasteiger partial charge on any atom is 0.0231 e. The number of hydrogen-bond donors (Lipinski definition) is 0. The summed E-state index contributed by atoms with van der Waals surface area (Å²) < 4.78 is 0. The van der Waals surface area contributed by atoms with Gasteiger partial charge in [0.2, 0.25) is 0 Å². The lowest BCUT2D eigenvalue weighted by molar-refractivity contribution is 0.515. The first kappa shape index (κ1) is 12.0. The molecule has 0 aromatic carbocycles. The first-order valence-electron chi connectivity index (χ1n) is 6.30. The Bertz CT molecular complexity index is 316. The van der Waals surface area contributed by atoms with Crippen molar-refractivity contribution in [3.8, 4) is 0 Å². The average molecular weight is 279 g/mol. The third-order valence-electron chi connectivity index (χ3n) is 3.53. The largest absolute Gasteiger partial charge is 0.113 e. The summed E-state index contributed by atoms with van der Waals surface area (Å²) >= 11 is 3.38. The van der Waals surface area contributed by atoms with Gasteiger partial charge in [-0.25, -0.2) is 0 Å². The van der Waals surface area contributed by atoms with Crippen LogP contribution in [0.1, 0.15) is 38.5 Å². The maximum absolute atomic E-state index is 3.43. The Hall–Kier alpha value is -0.520. The van der Waals surface area contributed by atoms with Crippen LogP contribution in [0.15, 0.2) is 40.6 Å². The van der Waals surface area contributed by atoms with Crippen molar-refractivity contribution in [3.63, 3.8) is 0 Å². The molecule has 1 heteroatoms. The van der Waals surface area contributed by atoms with Gasteiger partial charge >= 0.3 is 0 Å². The van der Waals surface area contributed by atoms with E-state index in [9.17, 15) is 0 Å². The smallest absolute Gasteiger partial charge is 0.0231 e. The number of rotatable bonds is 2. The zero-order valence-corrected chi connectivity index (χ0v) is 11.2. The van der Waals surface area contributed by atoms with Crippen molar-refractivity contribution in [3.05, 3.63) is 40.6 Å². The zero-order chi connectivity index (χ0) is 11.2. The van der Waals surface area contributed by atoms with Crippen LogP contribution in [0.4, 0.5) is 0 Å². The second kappa shape index (κ2) is 6.27. The summed E-state index contributed by atoms with van der Waals surface area (Å²) in [5.74, 6) is 1.24. The first-order valence-corrected chi connectivity index (χ1v) is 7.22. The van der Waals surface area contributed by atoms with Gasteiger partial charge in [-0.1, -0.05) is 40.2 Å². The van der Waals surface area contributed by atoms with Crippen LogP contribution >= 0.6 is 15.9 Å². The second-order valence-corrected chi connectivity index (χ2v) is 5.10. The SMILES string of the molecule is BrC=C=C(C1C=CCCC1)C1C=CCCC1. The van der Waals surface area contributed by atoms with E-state index in [1.807, 2.05) is 4.99 Å². The van der Waals surface area contributed by atoms with Gasteiger partial charge in [-0.2, -0.15) is 0 Å². The van der Waals surface area contributed by atoms with Crippen LogP contribution in [0.3, 0.4) is 0 Å². The van der Waals surface area contributed by atoms with Crippen molar-refractivity contribution in [1.82, 2.24) is 0 Å². The van der Waals surface area contributed by atoms with Crippen LogP contribution in [-0.4, -0.2) is 0 Å².